The van der Waals surface area contributed by atoms with Crippen molar-refractivity contribution in [2.24, 2.45) is 5.92 Å². The molecule has 1 amide bonds. The van der Waals surface area contributed by atoms with Crippen LogP contribution in [0.4, 0.5) is 0 Å². The van der Waals surface area contributed by atoms with Gasteiger partial charge in [0.25, 0.3) is 5.91 Å². The lowest BCUT2D eigenvalue weighted by molar-refractivity contribution is 0.00411. The number of aryl methyl sites for hydroxylation is 1. The van der Waals surface area contributed by atoms with Gasteiger partial charge < -0.3 is 9.64 Å². The maximum Gasteiger partial charge on any atom is 0.253 e. The number of carbonyl (C=O) groups is 1. The van der Waals surface area contributed by atoms with E-state index < -0.39 is 0 Å². The van der Waals surface area contributed by atoms with Crippen LogP contribution in [-0.4, -0.2) is 36.6 Å². The first-order valence-electron chi connectivity index (χ1n) is 7.80. The van der Waals surface area contributed by atoms with Crippen LogP contribution in [0.15, 0.2) is 18.2 Å². The highest BCUT2D eigenvalue weighted by molar-refractivity contribution is 6.31. The van der Waals surface area contributed by atoms with Gasteiger partial charge in [0.05, 0.1) is 6.10 Å². The lowest BCUT2D eigenvalue weighted by atomic mass is 10.1. The highest BCUT2D eigenvalue weighted by atomic mass is 35.5. The summed E-state index contributed by atoms with van der Waals surface area (Å²) in [4.78, 5) is 14.4. The summed E-state index contributed by atoms with van der Waals surface area (Å²) < 4.78 is 5.92. The first kappa shape index (κ1) is 14.9. The topological polar surface area (TPSA) is 29.5 Å². The van der Waals surface area contributed by atoms with E-state index in [-0.39, 0.29) is 5.91 Å². The van der Waals surface area contributed by atoms with Crippen molar-refractivity contribution >= 4 is 17.5 Å². The van der Waals surface area contributed by atoms with Crippen molar-refractivity contribution < 1.29 is 9.53 Å². The number of likely N-dealkylation sites (tertiary alicyclic amines) is 1. The quantitative estimate of drug-likeness (QED) is 0.849. The van der Waals surface area contributed by atoms with Gasteiger partial charge in [-0.3, -0.25) is 4.79 Å². The fraction of sp³-hybridized carbons (Fsp3) is 0.588. The van der Waals surface area contributed by atoms with Crippen molar-refractivity contribution in [2.45, 2.75) is 38.7 Å². The fourth-order valence-electron chi connectivity index (χ4n) is 2.74. The van der Waals surface area contributed by atoms with Crippen LogP contribution in [0, 0.1) is 12.8 Å². The Hall–Kier alpha value is -1.06. The third-order valence-corrected chi connectivity index (χ3v) is 4.82. The molecule has 2 fully saturated rings. The van der Waals surface area contributed by atoms with Gasteiger partial charge in [0.2, 0.25) is 0 Å². The van der Waals surface area contributed by atoms with Crippen molar-refractivity contribution in [3.05, 3.63) is 34.3 Å². The number of benzene rings is 1. The van der Waals surface area contributed by atoms with E-state index in [1.807, 2.05) is 24.0 Å². The van der Waals surface area contributed by atoms with Crippen LogP contribution in [0.2, 0.25) is 5.02 Å². The zero-order chi connectivity index (χ0) is 14.8. The fourth-order valence-corrected chi connectivity index (χ4v) is 2.86. The zero-order valence-electron chi connectivity index (χ0n) is 12.5. The van der Waals surface area contributed by atoms with E-state index in [2.05, 4.69) is 0 Å². The van der Waals surface area contributed by atoms with E-state index in [1.54, 1.807) is 6.07 Å². The normalized spacial score (nSPS) is 19.8. The summed E-state index contributed by atoms with van der Waals surface area (Å²) in [7, 11) is 0. The van der Waals surface area contributed by atoms with Crippen LogP contribution < -0.4 is 0 Å². The predicted molar refractivity (Wildman–Crippen MR) is 83.8 cm³/mol. The largest absolute Gasteiger partial charge is 0.378 e. The molecule has 1 aliphatic carbocycles. The van der Waals surface area contributed by atoms with Gasteiger partial charge in [-0.1, -0.05) is 11.6 Å². The van der Waals surface area contributed by atoms with Crippen LogP contribution in [0.3, 0.4) is 0 Å². The Morgan fingerprint density at radius 2 is 2.00 bits per heavy atom. The number of piperidine rings is 1. The number of rotatable bonds is 4. The number of hydrogen-bond donors (Lipinski definition) is 0. The minimum absolute atomic E-state index is 0.107. The summed E-state index contributed by atoms with van der Waals surface area (Å²) in [6.45, 7) is 4.41. The SMILES string of the molecule is Cc1cc(C(=O)N2CCC(OCC3CC3)CC2)ccc1Cl. The third kappa shape index (κ3) is 3.78. The molecule has 4 heteroatoms. The average molecular weight is 308 g/mol. The Balaban J connectivity index is 1.52. The van der Waals surface area contributed by atoms with Gasteiger partial charge in [0, 0.05) is 30.3 Å². The van der Waals surface area contributed by atoms with E-state index in [4.69, 9.17) is 16.3 Å². The monoisotopic (exact) mass is 307 g/mol. The Morgan fingerprint density at radius 1 is 1.29 bits per heavy atom. The summed E-state index contributed by atoms with van der Waals surface area (Å²) in [5, 5.41) is 0.707. The second-order valence-corrected chi connectivity index (χ2v) is 6.64. The molecular formula is C17H22ClNO2. The van der Waals surface area contributed by atoms with E-state index in [1.165, 1.54) is 12.8 Å². The molecule has 1 aromatic carbocycles. The number of carbonyl (C=O) groups excluding carboxylic acids is 1. The van der Waals surface area contributed by atoms with Crippen molar-refractivity contribution in [2.75, 3.05) is 19.7 Å². The first-order valence-corrected chi connectivity index (χ1v) is 8.18. The van der Waals surface area contributed by atoms with Crippen LogP contribution in [0.5, 0.6) is 0 Å². The van der Waals surface area contributed by atoms with Crippen LogP contribution >= 0.6 is 11.6 Å². The molecular weight excluding hydrogens is 286 g/mol. The van der Waals surface area contributed by atoms with Crippen LogP contribution in [-0.2, 0) is 4.74 Å². The first-order chi connectivity index (χ1) is 10.1. The van der Waals surface area contributed by atoms with E-state index in [0.29, 0.717) is 11.1 Å². The molecule has 1 saturated carbocycles. The Bertz CT molecular complexity index is 520. The third-order valence-electron chi connectivity index (χ3n) is 4.40. The zero-order valence-corrected chi connectivity index (χ0v) is 13.2. The van der Waals surface area contributed by atoms with Gasteiger partial charge in [-0.05, 0) is 62.3 Å². The van der Waals surface area contributed by atoms with Gasteiger partial charge in [-0.2, -0.15) is 0 Å². The summed E-state index contributed by atoms with van der Waals surface area (Å²) in [5.74, 6) is 0.914. The highest BCUT2D eigenvalue weighted by Crippen LogP contribution is 2.30. The molecule has 0 radical (unpaired) electrons. The summed E-state index contributed by atoms with van der Waals surface area (Å²) in [5.41, 5.74) is 1.68. The summed E-state index contributed by atoms with van der Waals surface area (Å²) in [6, 6.07) is 5.49. The number of nitrogens with zero attached hydrogens (tertiary/aromatic N) is 1. The predicted octanol–water partition coefficient (Wildman–Crippen LogP) is 3.68. The van der Waals surface area contributed by atoms with Gasteiger partial charge in [-0.25, -0.2) is 0 Å². The minimum atomic E-state index is 0.107. The van der Waals surface area contributed by atoms with Crippen molar-refractivity contribution in [3.63, 3.8) is 0 Å². The number of amides is 1. The Kier molecular flexibility index (Phi) is 4.51. The molecule has 1 saturated heterocycles. The molecule has 21 heavy (non-hydrogen) atoms. The van der Waals surface area contributed by atoms with Crippen molar-refractivity contribution in [1.82, 2.24) is 4.90 Å². The maximum atomic E-state index is 12.5. The Morgan fingerprint density at radius 3 is 2.62 bits per heavy atom. The maximum absolute atomic E-state index is 12.5. The van der Waals surface area contributed by atoms with E-state index >= 15 is 0 Å². The molecule has 1 aromatic rings. The average Bonchev–Trinajstić information content (AvgIpc) is 3.32. The second-order valence-electron chi connectivity index (χ2n) is 6.23. The molecule has 0 bridgehead atoms. The van der Waals surface area contributed by atoms with Crippen molar-refractivity contribution in [1.29, 1.82) is 0 Å². The minimum Gasteiger partial charge on any atom is -0.378 e. The molecule has 1 heterocycles. The molecule has 0 N–H and O–H groups in total. The van der Waals surface area contributed by atoms with Gasteiger partial charge >= 0.3 is 0 Å². The van der Waals surface area contributed by atoms with Gasteiger partial charge in [0.1, 0.15) is 0 Å². The smallest absolute Gasteiger partial charge is 0.253 e. The number of hydrogen-bond acceptors (Lipinski definition) is 2. The standard InChI is InChI=1S/C17H22ClNO2/c1-12-10-14(4-5-16(12)18)17(20)19-8-6-15(7-9-19)21-11-13-2-3-13/h4-5,10,13,15H,2-3,6-9,11H2,1H3. The molecule has 0 atom stereocenters. The van der Waals surface area contributed by atoms with E-state index in [9.17, 15) is 4.79 Å². The number of halogens is 1. The molecule has 0 aromatic heterocycles. The summed E-state index contributed by atoms with van der Waals surface area (Å²) in [6.07, 6.45) is 4.89. The lowest BCUT2D eigenvalue weighted by Crippen LogP contribution is -2.41. The van der Waals surface area contributed by atoms with Crippen LogP contribution in [0.25, 0.3) is 0 Å². The van der Waals surface area contributed by atoms with Gasteiger partial charge in [0.15, 0.2) is 0 Å². The molecule has 3 nitrogen and oxygen atoms in total. The van der Waals surface area contributed by atoms with E-state index in [0.717, 1.165) is 49.6 Å². The second kappa shape index (κ2) is 6.37. The van der Waals surface area contributed by atoms with Gasteiger partial charge in [-0.15, -0.1) is 0 Å². The Labute approximate surface area is 131 Å². The number of ether oxygens (including phenoxy) is 1. The summed E-state index contributed by atoms with van der Waals surface area (Å²) >= 11 is 6.01. The molecule has 3 rings (SSSR count). The molecule has 1 aliphatic heterocycles. The lowest BCUT2D eigenvalue weighted by Gasteiger charge is -2.32. The van der Waals surface area contributed by atoms with Crippen LogP contribution in [0.1, 0.15) is 41.6 Å². The molecule has 2 aliphatic rings. The molecule has 114 valence electrons. The molecule has 0 spiro atoms. The van der Waals surface area contributed by atoms with Crippen molar-refractivity contribution in [3.8, 4) is 0 Å². The highest BCUT2D eigenvalue weighted by Gasteiger charge is 2.27. The molecule has 0 unspecified atom stereocenters.